The Hall–Kier alpha value is -2.73. The minimum Gasteiger partial charge on any atom is -0.347 e. The van der Waals surface area contributed by atoms with Crippen LogP contribution in [0.25, 0.3) is 0 Å². The molecule has 6 heteroatoms. The lowest BCUT2D eigenvalue weighted by molar-refractivity contribution is -0.127. The number of amides is 2. The molecule has 1 fully saturated rings. The first-order valence-electron chi connectivity index (χ1n) is 10.9. The minimum absolute atomic E-state index is 0.0806. The van der Waals surface area contributed by atoms with Crippen LogP contribution in [-0.4, -0.2) is 29.4 Å². The first kappa shape index (κ1) is 22.0. The highest BCUT2D eigenvalue weighted by Gasteiger charge is 2.22. The van der Waals surface area contributed by atoms with Crippen LogP contribution in [-0.2, 0) is 16.0 Å². The van der Waals surface area contributed by atoms with Crippen molar-refractivity contribution in [3.8, 4) is 0 Å². The van der Waals surface area contributed by atoms with E-state index in [1.807, 2.05) is 48.5 Å². The van der Waals surface area contributed by atoms with Crippen molar-refractivity contribution in [1.29, 1.82) is 0 Å². The summed E-state index contributed by atoms with van der Waals surface area (Å²) in [7, 11) is 0. The number of nitrogens with zero attached hydrogens (tertiary/aromatic N) is 1. The van der Waals surface area contributed by atoms with Gasteiger partial charge in [-0.2, -0.15) is 0 Å². The number of aromatic nitrogens is 1. The van der Waals surface area contributed by atoms with Gasteiger partial charge in [0, 0.05) is 18.3 Å². The Morgan fingerprint density at radius 2 is 1.77 bits per heavy atom. The third kappa shape index (κ3) is 6.95. The topological polar surface area (TPSA) is 97.1 Å². The van der Waals surface area contributed by atoms with Crippen molar-refractivity contribution >= 4 is 11.8 Å². The molecule has 1 heterocycles. The summed E-state index contributed by atoms with van der Waals surface area (Å²) >= 11 is 0. The molecule has 4 N–H and O–H groups in total. The highest BCUT2D eigenvalue weighted by atomic mass is 16.2. The van der Waals surface area contributed by atoms with Gasteiger partial charge in [-0.15, -0.1) is 0 Å². The van der Waals surface area contributed by atoms with Gasteiger partial charge in [0.2, 0.25) is 11.8 Å². The van der Waals surface area contributed by atoms with Crippen LogP contribution in [0.1, 0.15) is 55.8 Å². The zero-order valence-corrected chi connectivity index (χ0v) is 17.4. The molecule has 1 aliphatic carbocycles. The largest absolute Gasteiger partial charge is 0.347 e. The number of carbonyl (C=O) groups excluding carboxylic acids is 2. The normalized spacial score (nSPS) is 16.4. The van der Waals surface area contributed by atoms with Crippen LogP contribution in [0.2, 0.25) is 0 Å². The van der Waals surface area contributed by atoms with E-state index < -0.39 is 6.04 Å². The van der Waals surface area contributed by atoms with Gasteiger partial charge in [-0.1, -0.05) is 68.5 Å². The van der Waals surface area contributed by atoms with Crippen molar-refractivity contribution in [3.05, 3.63) is 66.0 Å². The monoisotopic (exact) mass is 408 g/mol. The molecular weight excluding hydrogens is 376 g/mol. The van der Waals surface area contributed by atoms with Crippen LogP contribution in [0.15, 0.2) is 54.7 Å². The van der Waals surface area contributed by atoms with E-state index in [4.69, 9.17) is 5.73 Å². The number of nitrogens with two attached hydrogens (primary N) is 1. The Morgan fingerprint density at radius 3 is 2.47 bits per heavy atom. The standard InChI is InChI=1S/C24H32N4O2/c25-21(15-18-9-3-1-4-10-18)24(30)27-17-23(29)28-22(19-11-5-2-6-12-19)16-20-13-7-8-14-26-20/h2,5-8,11-14,18,21-22H,1,3-4,9-10,15-17,25H2,(H,27,30)(H,28,29)/t21-,22?/m1/s1. The Kier molecular flexibility index (Phi) is 8.39. The van der Waals surface area contributed by atoms with Crippen molar-refractivity contribution in [2.75, 3.05) is 6.54 Å². The zero-order valence-electron chi connectivity index (χ0n) is 17.4. The Morgan fingerprint density at radius 1 is 1.03 bits per heavy atom. The van der Waals surface area contributed by atoms with Crippen LogP contribution in [0, 0.1) is 5.92 Å². The van der Waals surface area contributed by atoms with Crippen LogP contribution < -0.4 is 16.4 Å². The van der Waals surface area contributed by atoms with Crippen molar-refractivity contribution in [1.82, 2.24) is 15.6 Å². The smallest absolute Gasteiger partial charge is 0.239 e. The number of pyridine rings is 1. The molecule has 1 saturated carbocycles. The van der Waals surface area contributed by atoms with Crippen molar-refractivity contribution in [2.45, 2.75) is 57.0 Å². The molecule has 3 rings (SSSR count). The highest BCUT2D eigenvalue weighted by molar-refractivity contribution is 5.87. The molecule has 0 spiro atoms. The van der Waals surface area contributed by atoms with Gasteiger partial charge in [0.05, 0.1) is 18.6 Å². The van der Waals surface area contributed by atoms with E-state index in [2.05, 4.69) is 15.6 Å². The predicted molar refractivity (Wildman–Crippen MR) is 117 cm³/mol. The number of benzene rings is 1. The quantitative estimate of drug-likeness (QED) is 0.594. The lowest BCUT2D eigenvalue weighted by Crippen LogP contribution is -2.46. The molecule has 0 bridgehead atoms. The molecule has 2 aromatic rings. The number of hydrogen-bond acceptors (Lipinski definition) is 4. The second-order valence-corrected chi connectivity index (χ2v) is 8.12. The zero-order chi connectivity index (χ0) is 21.2. The summed E-state index contributed by atoms with van der Waals surface area (Å²) in [6.07, 6.45) is 9.02. The number of nitrogens with one attached hydrogen (secondary N) is 2. The summed E-state index contributed by atoms with van der Waals surface area (Å²) in [6.45, 7) is -0.0806. The van der Waals surface area contributed by atoms with Gasteiger partial charge in [0.25, 0.3) is 0 Å². The summed E-state index contributed by atoms with van der Waals surface area (Å²) in [6, 6.07) is 14.7. The molecule has 1 aromatic heterocycles. The molecule has 1 unspecified atom stereocenters. The third-order valence-corrected chi connectivity index (χ3v) is 5.75. The van der Waals surface area contributed by atoms with Crippen molar-refractivity contribution in [2.24, 2.45) is 11.7 Å². The van der Waals surface area contributed by atoms with Gasteiger partial charge in [-0.25, -0.2) is 0 Å². The first-order chi connectivity index (χ1) is 14.6. The lowest BCUT2D eigenvalue weighted by atomic mass is 9.85. The molecule has 2 amide bonds. The molecule has 2 atom stereocenters. The summed E-state index contributed by atoms with van der Waals surface area (Å²) in [5.41, 5.74) is 7.97. The Labute approximate surface area is 178 Å². The van der Waals surface area contributed by atoms with E-state index in [1.165, 1.54) is 19.3 Å². The Bertz CT molecular complexity index is 791. The van der Waals surface area contributed by atoms with Gasteiger partial charge in [-0.05, 0) is 30.0 Å². The van der Waals surface area contributed by atoms with Crippen molar-refractivity contribution < 1.29 is 9.59 Å². The summed E-state index contributed by atoms with van der Waals surface area (Å²) in [4.78, 5) is 29.3. The van der Waals surface area contributed by atoms with Crippen molar-refractivity contribution in [3.63, 3.8) is 0 Å². The van der Waals surface area contributed by atoms with Gasteiger partial charge in [-0.3, -0.25) is 14.6 Å². The molecule has 1 aromatic carbocycles. The average molecular weight is 409 g/mol. The van der Waals surface area contributed by atoms with Gasteiger partial charge in [0.15, 0.2) is 0 Å². The SMILES string of the molecule is N[C@H](CC1CCCCC1)C(=O)NCC(=O)NC(Cc1ccccn1)c1ccccc1. The second-order valence-electron chi connectivity index (χ2n) is 8.12. The summed E-state index contributed by atoms with van der Waals surface area (Å²) < 4.78 is 0. The fourth-order valence-corrected chi connectivity index (χ4v) is 4.10. The predicted octanol–water partition coefficient (Wildman–Crippen LogP) is 2.90. The minimum atomic E-state index is -0.556. The average Bonchev–Trinajstić information content (AvgIpc) is 2.79. The molecule has 0 radical (unpaired) electrons. The fraction of sp³-hybridized carbons (Fsp3) is 0.458. The van der Waals surface area contributed by atoms with Crippen LogP contribution in [0.3, 0.4) is 0 Å². The van der Waals surface area contributed by atoms with E-state index in [0.717, 1.165) is 24.1 Å². The van der Waals surface area contributed by atoms with Gasteiger partial charge >= 0.3 is 0 Å². The van der Waals surface area contributed by atoms with E-state index >= 15 is 0 Å². The number of carbonyl (C=O) groups is 2. The van der Waals surface area contributed by atoms with E-state index in [1.54, 1.807) is 6.20 Å². The molecule has 0 saturated heterocycles. The maximum atomic E-state index is 12.5. The van der Waals surface area contributed by atoms with Crippen LogP contribution in [0.4, 0.5) is 0 Å². The summed E-state index contributed by atoms with van der Waals surface area (Å²) in [5.74, 6) is 0.0314. The molecule has 6 nitrogen and oxygen atoms in total. The Balaban J connectivity index is 1.51. The highest BCUT2D eigenvalue weighted by Crippen LogP contribution is 2.27. The van der Waals surface area contributed by atoms with Gasteiger partial charge < -0.3 is 16.4 Å². The molecule has 30 heavy (non-hydrogen) atoms. The molecule has 160 valence electrons. The molecular formula is C24H32N4O2. The fourth-order valence-electron chi connectivity index (χ4n) is 4.10. The maximum absolute atomic E-state index is 12.5. The van der Waals surface area contributed by atoms with E-state index in [-0.39, 0.29) is 24.4 Å². The number of rotatable bonds is 9. The maximum Gasteiger partial charge on any atom is 0.239 e. The van der Waals surface area contributed by atoms with E-state index in [9.17, 15) is 9.59 Å². The summed E-state index contributed by atoms with van der Waals surface area (Å²) in [5, 5.41) is 5.72. The van der Waals surface area contributed by atoms with Gasteiger partial charge in [0.1, 0.15) is 0 Å². The van der Waals surface area contributed by atoms with Crippen LogP contribution >= 0.6 is 0 Å². The van der Waals surface area contributed by atoms with Crippen LogP contribution in [0.5, 0.6) is 0 Å². The van der Waals surface area contributed by atoms with E-state index in [0.29, 0.717) is 18.8 Å². The molecule has 1 aliphatic rings. The third-order valence-electron chi connectivity index (χ3n) is 5.75. The first-order valence-corrected chi connectivity index (χ1v) is 10.9. The lowest BCUT2D eigenvalue weighted by Gasteiger charge is -2.24. The number of hydrogen-bond donors (Lipinski definition) is 3. The second kappa shape index (κ2) is 11.5. The molecule has 0 aliphatic heterocycles.